The highest BCUT2D eigenvalue weighted by atomic mass is 16.7. The van der Waals surface area contributed by atoms with E-state index >= 15 is 0 Å². The first-order chi connectivity index (χ1) is 19.4. The largest absolute Gasteiger partial charge is 0.394 e. The van der Waals surface area contributed by atoms with Crippen molar-refractivity contribution in [1.82, 2.24) is 5.32 Å². The average molecular weight is 599 g/mol. The lowest BCUT2D eigenvalue weighted by Crippen LogP contribution is -2.67. The molecule has 0 aromatic rings. The number of ether oxygens (including phenoxy) is 4. The van der Waals surface area contributed by atoms with Crippen molar-refractivity contribution in [2.24, 2.45) is 17.2 Å². The first kappa shape index (κ1) is 36.1. The molecule has 1 aliphatic heterocycles. The zero-order valence-electron chi connectivity index (χ0n) is 23.6. The van der Waals surface area contributed by atoms with Gasteiger partial charge in [0.1, 0.15) is 48.8 Å². The fourth-order valence-corrected chi connectivity index (χ4v) is 4.82. The van der Waals surface area contributed by atoms with Crippen LogP contribution in [0, 0.1) is 0 Å². The molecule has 14 atom stereocenters. The number of carbonyl (C=O) groups is 1. The van der Waals surface area contributed by atoms with E-state index in [9.17, 15) is 40.5 Å². The molecule has 2 rings (SSSR count). The Morgan fingerprint density at radius 1 is 1.02 bits per heavy atom. The Hall–Kier alpha value is -1.09. The van der Waals surface area contributed by atoms with Gasteiger partial charge in [0.15, 0.2) is 12.6 Å². The Labute approximate surface area is 239 Å². The van der Waals surface area contributed by atoms with Gasteiger partial charge in [0, 0.05) is 25.0 Å². The summed E-state index contributed by atoms with van der Waals surface area (Å²) in [5.74, 6) is -0.241. The molecular weight excluding hydrogens is 548 g/mol. The van der Waals surface area contributed by atoms with Crippen LogP contribution in [-0.2, 0) is 23.7 Å². The number of aliphatic hydroxyl groups is 7. The Morgan fingerprint density at radius 3 is 2.27 bits per heavy atom. The van der Waals surface area contributed by atoms with Gasteiger partial charge in [-0.05, 0) is 19.8 Å². The molecule has 14 N–H and O–H groups in total. The lowest BCUT2D eigenvalue weighted by atomic mass is 9.84. The van der Waals surface area contributed by atoms with Gasteiger partial charge in [0.25, 0.3) is 0 Å². The summed E-state index contributed by atoms with van der Waals surface area (Å²) < 4.78 is 22.8. The quantitative estimate of drug-likeness (QED) is 0.0586. The van der Waals surface area contributed by atoms with E-state index in [0.717, 1.165) is 12.8 Å². The summed E-state index contributed by atoms with van der Waals surface area (Å²) in [5, 5.41) is 74.2. The first-order valence-electron chi connectivity index (χ1n) is 14.1. The molecule has 16 heteroatoms. The fourth-order valence-electron chi connectivity index (χ4n) is 4.82. The van der Waals surface area contributed by atoms with E-state index in [2.05, 4.69) is 5.32 Å². The molecule has 0 radical (unpaired) electrons. The van der Waals surface area contributed by atoms with Crippen LogP contribution < -0.4 is 22.5 Å². The molecular formula is C25H50N4O12. The van der Waals surface area contributed by atoms with E-state index < -0.39 is 98.9 Å². The summed E-state index contributed by atoms with van der Waals surface area (Å²) >= 11 is 0. The van der Waals surface area contributed by atoms with Crippen LogP contribution >= 0.6 is 0 Å². The summed E-state index contributed by atoms with van der Waals surface area (Å²) in [5.41, 5.74) is 18.2. The number of nitrogens with two attached hydrogens (primary N) is 3. The molecule has 0 aromatic carbocycles. The molecule has 242 valence electrons. The standard InChI is InChI=1S/C25H50N4O12/c1-3-4-5-6-17(34)29-8-15(11(2)32)38-24(14(33)9-30)40-22-12(26)7-13(27)23(21(22)37)41-25-20(36)18(28)19(35)16(10-31)39-25/h11-16,18-25,30-33,35-37H,3-10,26-28H2,1-2H3,(H,29,34)/t11-,12?,13-,14-,15?,16?,18?,19?,20?,21?,22?,23?,24?,25?/m0/s1. The number of hydrogen-bond donors (Lipinski definition) is 11. The first-order valence-corrected chi connectivity index (χ1v) is 14.1. The van der Waals surface area contributed by atoms with Crippen LogP contribution in [-0.4, -0.2) is 147 Å². The topological polar surface area (TPSA) is 286 Å². The minimum absolute atomic E-state index is 0.0445. The van der Waals surface area contributed by atoms with Crippen LogP contribution in [0.3, 0.4) is 0 Å². The molecule has 1 amide bonds. The van der Waals surface area contributed by atoms with Crippen LogP contribution in [0.1, 0.15) is 46.0 Å². The highest BCUT2D eigenvalue weighted by Gasteiger charge is 2.49. The molecule has 0 bridgehead atoms. The van der Waals surface area contributed by atoms with E-state index in [1.54, 1.807) is 0 Å². The van der Waals surface area contributed by atoms with Gasteiger partial charge in [0.05, 0.1) is 25.4 Å². The van der Waals surface area contributed by atoms with Crippen molar-refractivity contribution in [2.75, 3.05) is 19.8 Å². The average Bonchev–Trinajstić information content (AvgIpc) is 2.93. The van der Waals surface area contributed by atoms with E-state index in [4.69, 9.17) is 36.1 Å². The Balaban J connectivity index is 2.13. The maximum atomic E-state index is 12.1. The molecule has 0 aromatic heterocycles. The van der Waals surface area contributed by atoms with Gasteiger partial charge < -0.3 is 77.2 Å². The van der Waals surface area contributed by atoms with Gasteiger partial charge in [0.2, 0.25) is 5.91 Å². The van der Waals surface area contributed by atoms with E-state index in [1.165, 1.54) is 6.92 Å². The zero-order chi connectivity index (χ0) is 30.9. The van der Waals surface area contributed by atoms with Crippen LogP contribution in [0.25, 0.3) is 0 Å². The maximum Gasteiger partial charge on any atom is 0.220 e. The third-order valence-electron chi connectivity index (χ3n) is 7.44. The predicted octanol–water partition coefficient (Wildman–Crippen LogP) is -4.92. The number of amides is 1. The minimum Gasteiger partial charge on any atom is -0.394 e. The number of aliphatic hydroxyl groups excluding tert-OH is 7. The second-order valence-electron chi connectivity index (χ2n) is 10.8. The molecule has 2 aliphatic rings. The molecule has 1 aliphatic carbocycles. The van der Waals surface area contributed by atoms with Gasteiger partial charge in [-0.2, -0.15) is 0 Å². The Kier molecular flexibility index (Phi) is 15.2. The number of hydrogen-bond acceptors (Lipinski definition) is 15. The molecule has 16 nitrogen and oxygen atoms in total. The van der Waals surface area contributed by atoms with Gasteiger partial charge in [-0.25, -0.2) is 0 Å². The fraction of sp³-hybridized carbons (Fsp3) is 0.960. The summed E-state index contributed by atoms with van der Waals surface area (Å²) in [6.45, 7) is 1.89. The smallest absolute Gasteiger partial charge is 0.220 e. The van der Waals surface area contributed by atoms with Crippen LogP contribution in [0.4, 0.5) is 0 Å². The van der Waals surface area contributed by atoms with Crippen molar-refractivity contribution in [2.45, 2.75) is 132 Å². The third kappa shape index (κ3) is 9.97. The number of rotatable bonds is 16. The summed E-state index contributed by atoms with van der Waals surface area (Å²) in [6.07, 6.45) is -12.1. The number of nitrogens with one attached hydrogen (secondary N) is 1. The molecule has 0 spiro atoms. The van der Waals surface area contributed by atoms with Crippen molar-refractivity contribution in [3.05, 3.63) is 0 Å². The third-order valence-corrected chi connectivity index (χ3v) is 7.44. The summed E-state index contributed by atoms with van der Waals surface area (Å²) in [7, 11) is 0. The zero-order valence-corrected chi connectivity index (χ0v) is 23.6. The van der Waals surface area contributed by atoms with Crippen molar-refractivity contribution in [3.8, 4) is 0 Å². The number of carbonyl (C=O) groups excluding carboxylic acids is 1. The number of unbranched alkanes of at least 4 members (excludes halogenated alkanes) is 2. The van der Waals surface area contributed by atoms with Crippen molar-refractivity contribution in [1.29, 1.82) is 0 Å². The lowest BCUT2D eigenvalue weighted by Gasteiger charge is -2.47. The van der Waals surface area contributed by atoms with Gasteiger partial charge in [-0.15, -0.1) is 0 Å². The monoisotopic (exact) mass is 598 g/mol. The van der Waals surface area contributed by atoms with Crippen LogP contribution in [0.2, 0.25) is 0 Å². The Morgan fingerprint density at radius 2 is 1.68 bits per heavy atom. The lowest BCUT2D eigenvalue weighted by molar-refractivity contribution is -0.316. The second-order valence-corrected chi connectivity index (χ2v) is 10.8. The minimum atomic E-state index is -1.63. The second kappa shape index (κ2) is 17.3. The molecule has 2 fully saturated rings. The molecule has 1 saturated heterocycles. The van der Waals surface area contributed by atoms with Crippen LogP contribution in [0.15, 0.2) is 0 Å². The van der Waals surface area contributed by atoms with Gasteiger partial charge in [-0.3, -0.25) is 4.79 Å². The van der Waals surface area contributed by atoms with Crippen molar-refractivity contribution >= 4 is 5.91 Å². The van der Waals surface area contributed by atoms with E-state index in [0.29, 0.717) is 12.8 Å². The van der Waals surface area contributed by atoms with Gasteiger partial charge >= 0.3 is 0 Å². The SMILES string of the molecule is CCCCCC(=O)NCC(OC(OC1C(N)C[C@H](N)C(OC2OC(CO)C(O)C(N)C2O)C1O)[C@@H](O)CO)[C@H](C)O. The van der Waals surface area contributed by atoms with Crippen LogP contribution in [0.5, 0.6) is 0 Å². The maximum absolute atomic E-state index is 12.1. The van der Waals surface area contributed by atoms with E-state index in [1.807, 2.05) is 6.92 Å². The van der Waals surface area contributed by atoms with Crippen molar-refractivity contribution < 1.29 is 59.5 Å². The van der Waals surface area contributed by atoms with Crippen molar-refractivity contribution in [3.63, 3.8) is 0 Å². The highest BCUT2D eigenvalue weighted by molar-refractivity contribution is 5.75. The molecule has 11 unspecified atom stereocenters. The normalized spacial score (nSPS) is 37.3. The summed E-state index contributed by atoms with van der Waals surface area (Å²) in [4.78, 5) is 12.1. The molecule has 1 saturated carbocycles. The molecule has 41 heavy (non-hydrogen) atoms. The molecule has 1 heterocycles. The summed E-state index contributed by atoms with van der Waals surface area (Å²) in [6, 6.07) is -2.99. The Bertz CT molecular complexity index is 768. The predicted molar refractivity (Wildman–Crippen MR) is 143 cm³/mol. The van der Waals surface area contributed by atoms with E-state index in [-0.39, 0.29) is 18.9 Å². The van der Waals surface area contributed by atoms with Gasteiger partial charge in [-0.1, -0.05) is 19.8 Å². The highest BCUT2D eigenvalue weighted by Crippen LogP contribution is 2.29.